The van der Waals surface area contributed by atoms with Crippen LogP contribution in [0.1, 0.15) is 233 Å². The summed E-state index contributed by atoms with van der Waals surface area (Å²) in [6, 6.07) is 0. The highest BCUT2D eigenvalue weighted by molar-refractivity contribution is 5.90. The summed E-state index contributed by atoms with van der Waals surface area (Å²) in [6.07, 6.45) is 17.7. The SMILES string of the molecule is C.CC1CCCCC1.O=C(CC(O)(CC(=O)OC1CCCCC1)C(=O)OC1CCCCC1)OC1CCCCC1.O=C(O)CC(O)(CC(=O)O)C(=O)O.O=C(O)[C@H](O)[C@@H](O)C(=O)O.O=C(OC1CCCCC1)[C@H](O)[C@@H](O)C(=O)OC1CCCCC1. The lowest BCUT2D eigenvalue weighted by Gasteiger charge is -2.30. The molecule has 6 rings (SSSR count). The first-order valence-electron chi connectivity index (χ1n) is 29.5. The molecule has 484 valence electrons. The second-order valence-electron chi connectivity index (χ2n) is 22.6. The van der Waals surface area contributed by atoms with Crippen LogP contribution >= 0.6 is 0 Å². The fraction of sp³-hybridized carbons (Fsp3) is 0.828. The Kier molecular flexibility index (Phi) is 37.1. The molecule has 6 aliphatic carbocycles. The van der Waals surface area contributed by atoms with Gasteiger partial charge < -0.3 is 79.9 Å². The average Bonchev–Trinajstić information content (AvgIpc) is 3.56. The van der Waals surface area contributed by atoms with Crippen LogP contribution in [-0.2, 0) is 71.6 Å². The number of carbonyl (C=O) groups excluding carboxylic acids is 5. The van der Waals surface area contributed by atoms with E-state index in [-0.39, 0.29) is 37.9 Å². The van der Waals surface area contributed by atoms with Crippen molar-refractivity contribution in [3.63, 3.8) is 0 Å². The van der Waals surface area contributed by atoms with Crippen molar-refractivity contribution < 1.29 is 128 Å². The van der Waals surface area contributed by atoms with Crippen molar-refractivity contribution in [2.24, 2.45) is 5.92 Å². The molecule has 0 spiro atoms. The van der Waals surface area contributed by atoms with Gasteiger partial charge in [-0.25, -0.2) is 28.8 Å². The van der Waals surface area contributed by atoms with E-state index < -0.39 is 121 Å². The van der Waals surface area contributed by atoms with Crippen LogP contribution in [0.15, 0.2) is 0 Å². The van der Waals surface area contributed by atoms with Crippen LogP contribution in [0.4, 0.5) is 0 Å². The van der Waals surface area contributed by atoms with Crippen LogP contribution in [0, 0.1) is 5.92 Å². The zero-order valence-electron chi connectivity index (χ0n) is 47.9. The molecular formula is C58H96O26. The van der Waals surface area contributed by atoms with Gasteiger partial charge in [-0.3, -0.25) is 19.2 Å². The van der Waals surface area contributed by atoms with Crippen molar-refractivity contribution in [1.82, 2.24) is 0 Å². The summed E-state index contributed by atoms with van der Waals surface area (Å²) in [4.78, 5) is 112. The fourth-order valence-corrected chi connectivity index (χ4v) is 10.3. The van der Waals surface area contributed by atoms with E-state index >= 15 is 0 Å². The summed E-state index contributed by atoms with van der Waals surface area (Å²) in [6.45, 7) is 2.36. The van der Waals surface area contributed by atoms with Crippen molar-refractivity contribution in [2.75, 3.05) is 0 Å². The van der Waals surface area contributed by atoms with Crippen molar-refractivity contribution in [3.05, 3.63) is 0 Å². The number of rotatable bonds is 21. The predicted molar refractivity (Wildman–Crippen MR) is 294 cm³/mol. The zero-order chi connectivity index (χ0) is 62.1. The highest BCUT2D eigenvalue weighted by Gasteiger charge is 2.46. The molecule has 0 aromatic rings. The highest BCUT2D eigenvalue weighted by Crippen LogP contribution is 2.30. The Balaban J connectivity index is 0.000000578. The van der Waals surface area contributed by atoms with E-state index in [1.165, 1.54) is 32.1 Å². The first-order valence-corrected chi connectivity index (χ1v) is 29.5. The summed E-state index contributed by atoms with van der Waals surface area (Å²) in [5.74, 6) is -11.7. The number of esters is 5. The van der Waals surface area contributed by atoms with E-state index in [1.54, 1.807) is 0 Å². The normalized spacial score (nSPS) is 19.9. The third kappa shape index (κ3) is 31.0. The Hall–Kier alpha value is -5.54. The first kappa shape index (κ1) is 76.5. The van der Waals surface area contributed by atoms with Gasteiger partial charge in [-0.15, -0.1) is 0 Å². The Labute approximate surface area is 490 Å². The standard InChI is InChI=1S/C24H38O7.C16H26O6.C7H14.C6H8O7.C4H6O6.CH4/c25-21(29-18-10-4-1-5-11-18)16-24(28,23(27)31-20-14-8-3-9-15-20)17-22(26)30-19-12-6-2-7-13-19;17-13(15(19)21-11-7-3-1-4-8-11)14(18)16(20)22-12-9-5-2-6-10-12;1-7-5-3-2-4-6-7;7-3(8)1-6(13,5(11)12)2-4(9)10;5-1(3(7)8)2(6)4(9)10;/h18-20,28H,1-17H2;11-14,17-18H,1-10H2;7H,2-6H2,1H3;13H,1-2H2,(H,7,8)(H,9,10)(H,11,12);1-2,5-6H,(H,7,8)(H,9,10);1H4/t;13-,14-;;;1-,2-;/m.1..1./s1. The smallest absolute Gasteiger partial charge is 0.339 e. The molecule has 0 aromatic heterocycles. The minimum Gasteiger partial charge on any atom is -0.481 e. The minimum atomic E-state index is -2.74. The van der Waals surface area contributed by atoms with Gasteiger partial charge >= 0.3 is 59.7 Å². The van der Waals surface area contributed by atoms with Gasteiger partial charge in [-0.2, -0.15) is 0 Å². The molecule has 0 saturated heterocycles. The van der Waals surface area contributed by atoms with Crippen LogP contribution in [-0.4, -0.2) is 182 Å². The van der Waals surface area contributed by atoms with E-state index in [9.17, 15) is 63.3 Å². The molecule has 26 heteroatoms. The minimum absolute atomic E-state index is 0. The van der Waals surface area contributed by atoms with E-state index in [4.69, 9.17) is 64.5 Å². The van der Waals surface area contributed by atoms with Gasteiger partial charge in [-0.1, -0.05) is 78.6 Å². The number of ether oxygens (including phenoxy) is 5. The van der Waals surface area contributed by atoms with Crippen molar-refractivity contribution >= 4 is 59.7 Å². The second kappa shape index (κ2) is 40.7. The molecule has 0 heterocycles. The number of hydrogen-bond donors (Lipinski definition) is 11. The maximum atomic E-state index is 12.9. The summed E-state index contributed by atoms with van der Waals surface area (Å²) >= 11 is 0. The number of hydrogen-bond acceptors (Lipinski definition) is 21. The number of carbonyl (C=O) groups is 10. The lowest BCUT2D eigenvalue weighted by molar-refractivity contribution is -0.185. The lowest BCUT2D eigenvalue weighted by atomic mass is 9.91. The van der Waals surface area contributed by atoms with Crippen LogP contribution in [0.2, 0.25) is 0 Å². The number of aliphatic hydroxyl groups excluding tert-OH is 4. The molecule has 11 N–H and O–H groups in total. The number of carboxylic acid groups (broad SMARTS) is 5. The largest absolute Gasteiger partial charge is 0.481 e. The van der Waals surface area contributed by atoms with Gasteiger partial charge in [-0.05, 0) is 134 Å². The summed E-state index contributed by atoms with van der Waals surface area (Å²) < 4.78 is 26.8. The molecule has 26 nitrogen and oxygen atoms in total. The molecule has 0 amide bonds. The van der Waals surface area contributed by atoms with Crippen molar-refractivity contribution in [2.45, 2.75) is 299 Å². The van der Waals surface area contributed by atoms with E-state index in [0.717, 1.165) is 166 Å². The van der Waals surface area contributed by atoms with Gasteiger partial charge in [0, 0.05) is 0 Å². The lowest BCUT2D eigenvalue weighted by Crippen LogP contribution is -2.47. The maximum absolute atomic E-state index is 12.9. The Morgan fingerprint density at radius 2 is 0.607 bits per heavy atom. The van der Waals surface area contributed by atoms with Gasteiger partial charge in [0.1, 0.15) is 30.5 Å². The molecule has 6 saturated carbocycles. The molecular weight excluding hydrogens is 1110 g/mol. The van der Waals surface area contributed by atoms with Gasteiger partial charge in [0.25, 0.3) is 0 Å². The van der Waals surface area contributed by atoms with Gasteiger partial charge in [0.2, 0.25) is 0 Å². The highest BCUT2D eigenvalue weighted by atomic mass is 16.6. The topological polar surface area (TPSA) is 439 Å². The van der Waals surface area contributed by atoms with Crippen LogP contribution in [0.3, 0.4) is 0 Å². The Morgan fingerprint density at radius 3 is 0.833 bits per heavy atom. The van der Waals surface area contributed by atoms with E-state index in [1.807, 2.05) is 0 Å². The Morgan fingerprint density at radius 1 is 0.357 bits per heavy atom. The molecule has 0 unspecified atom stereocenters. The number of aliphatic carboxylic acids is 5. The molecule has 6 fully saturated rings. The first-order chi connectivity index (χ1) is 39.2. The fourth-order valence-electron chi connectivity index (χ4n) is 10.3. The number of carboxylic acids is 5. The number of aliphatic hydroxyl groups is 6. The maximum Gasteiger partial charge on any atom is 0.339 e. The molecule has 6 aliphatic rings. The third-order valence-electron chi connectivity index (χ3n) is 15.2. The van der Waals surface area contributed by atoms with E-state index in [2.05, 4.69) is 6.92 Å². The van der Waals surface area contributed by atoms with E-state index in [0.29, 0.717) is 0 Å². The third-order valence-corrected chi connectivity index (χ3v) is 15.2. The average molecular weight is 1210 g/mol. The summed E-state index contributed by atoms with van der Waals surface area (Å²) in [7, 11) is 0. The molecule has 0 aliphatic heterocycles. The van der Waals surface area contributed by atoms with Crippen molar-refractivity contribution in [1.29, 1.82) is 0 Å². The van der Waals surface area contributed by atoms with Gasteiger partial charge in [0.05, 0.1) is 25.7 Å². The predicted octanol–water partition coefficient (Wildman–Crippen LogP) is 5.44. The molecule has 84 heavy (non-hydrogen) atoms. The molecule has 0 radical (unpaired) electrons. The van der Waals surface area contributed by atoms with Crippen LogP contribution in [0.25, 0.3) is 0 Å². The summed E-state index contributed by atoms with van der Waals surface area (Å²) in [5, 5.41) is 97.1. The Bertz CT molecular complexity index is 1900. The quantitative estimate of drug-likeness (QED) is 0.0503. The van der Waals surface area contributed by atoms with Crippen LogP contribution < -0.4 is 0 Å². The molecule has 0 bridgehead atoms. The van der Waals surface area contributed by atoms with Gasteiger partial charge in [0.15, 0.2) is 35.6 Å². The monoisotopic (exact) mass is 1210 g/mol. The van der Waals surface area contributed by atoms with Crippen molar-refractivity contribution in [3.8, 4) is 0 Å². The summed E-state index contributed by atoms with van der Waals surface area (Å²) in [5.41, 5.74) is -4.99. The molecule has 0 aromatic carbocycles. The zero-order valence-corrected chi connectivity index (χ0v) is 47.9. The van der Waals surface area contributed by atoms with Crippen LogP contribution in [0.5, 0.6) is 0 Å². The molecule has 4 atom stereocenters. The second-order valence-corrected chi connectivity index (χ2v) is 22.6.